The van der Waals surface area contributed by atoms with Crippen molar-refractivity contribution < 1.29 is 4.79 Å². The number of anilines is 2. The van der Waals surface area contributed by atoms with E-state index in [1.165, 1.54) is 24.9 Å². The fraction of sp³-hybridized carbons (Fsp3) is 0.286. The molecule has 8 heteroatoms. The van der Waals surface area contributed by atoms with Gasteiger partial charge in [0, 0.05) is 36.2 Å². The number of aromatic amines is 2. The van der Waals surface area contributed by atoms with E-state index in [0.29, 0.717) is 5.69 Å². The van der Waals surface area contributed by atoms with Gasteiger partial charge in [-0.15, -0.1) is 0 Å². The van der Waals surface area contributed by atoms with Gasteiger partial charge in [-0.3, -0.25) is 14.9 Å². The summed E-state index contributed by atoms with van der Waals surface area (Å²) < 4.78 is 0. The van der Waals surface area contributed by atoms with E-state index in [0.717, 1.165) is 57.7 Å². The van der Waals surface area contributed by atoms with E-state index in [-0.39, 0.29) is 11.8 Å². The van der Waals surface area contributed by atoms with Crippen molar-refractivity contribution in [1.29, 1.82) is 0 Å². The van der Waals surface area contributed by atoms with Crippen LogP contribution in [0, 0.1) is 5.92 Å². The van der Waals surface area contributed by atoms with E-state index < -0.39 is 0 Å². The first-order valence-electron chi connectivity index (χ1n) is 12.6. The number of para-hydroxylation sites is 1. The highest BCUT2D eigenvalue weighted by molar-refractivity contribution is 5.98. The quantitative estimate of drug-likeness (QED) is 0.298. The van der Waals surface area contributed by atoms with Gasteiger partial charge in [0.2, 0.25) is 5.91 Å². The molecule has 0 spiro atoms. The van der Waals surface area contributed by atoms with E-state index in [1.807, 2.05) is 32.0 Å². The van der Waals surface area contributed by atoms with Gasteiger partial charge < -0.3 is 15.2 Å². The zero-order valence-electron chi connectivity index (χ0n) is 20.5. The first kappa shape index (κ1) is 22.3. The monoisotopic (exact) mass is 479 g/mol. The first-order chi connectivity index (χ1) is 17.6. The number of fused-ring (bicyclic) bond motifs is 2. The van der Waals surface area contributed by atoms with Crippen LogP contribution in [0.4, 0.5) is 11.4 Å². The molecule has 5 aromatic rings. The van der Waals surface area contributed by atoms with Gasteiger partial charge in [-0.25, -0.2) is 4.98 Å². The largest absolute Gasteiger partial charge is 0.370 e. The Bertz CT molecular complexity index is 1560. The molecule has 0 aliphatic carbocycles. The molecule has 1 aliphatic rings. The number of H-pyrrole nitrogens is 2. The minimum atomic E-state index is -0.0993. The Morgan fingerprint density at radius 1 is 1.00 bits per heavy atom. The first-order valence-corrected chi connectivity index (χ1v) is 12.6. The van der Waals surface area contributed by atoms with Crippen LogP contribution in [-0.4, -0.2) is 44.1 Å². The number of hydrogen-bond donors (Lipinski definition) is 3. The summed E-state index contributed by atoms with van der Waals surface area (Å²) in [4.78, 5) is 27.4. The third kappa shape index (κ3) is 4.08. The van der Waals surface area contributed by atoms with Crippen LogP contribution in [0.15, 0.2) is 54.9 Å². The summed E-state index contributed by atoms with van der Waals surface area (Å²) in [5.41, 5.74) is 7.49. The van der Waals surface area contributed by atoms with Crippen molar-refractivity contribution in [2.45, 2.75) is 33.1 Å². The lowest BCUT2D eigenvalue weighted by Gasteiger charge is -2.28. The second kappa shape index (κ2) is 9.11. The SMILES string of the molecule is CC(C)C(=O)Nc1cncc(-c2ccc3[nH]nc(-c4nc5c(N6CCCCC6)cccc5[nH]4)c3c2)c1. The van der Waals surface area contributed by atoms with E-state index in [9.17, 15) is 4.79 Å². The Balaban J connectivity index is 1.38. The van der Waals surface area contributed by atoms with Gasteiger partial charge in [0.15, 0.2) is 5.82 Å². The molecule has 0 saturated carbocycles. The Kier molecular flexibility index (Phi) is 5.64. The van der Waals surface area contributed by atoms with Crippen molar-refractivity contribution in [3.05, 3.63) is 54.9 Å². The molecule has 6 rings (SSSR count). The molecular formula is C28H29N7O. The molecule has 3 aromatic heterocycles. The number of carbonyl (C=O) groups excluding carboxylic acids is 1. The normalized spacial score (nSPS) is 14.1. The third-order valence-electron chi connectivity index (χ3n) is 6.84. The summed E-state index contributed by atoms with van der Waals surface area (Å²) in [7, 11) is 0. The maximum Gasteiger partial charge on any atom is 0.226 e. The van der Waals surface area contributed by atoms with Crippen molar-refractivity contribution in [2.24, 2.45) is 5.92 Å². The van der Waals surface area contributed by atoms with Gasteiger partial charge in [0.05, 0.1) is 28.6 Å². The van der Waals surface area contributed by atoms with Gasteiger partial charge >= 0.3 is 0 Å². The number of amides is 1. The summed E-state index contributed by atoms with van der Waals surface area (Å²) >= 11 is 0. The van der Waals surface area contributed by atoms with E-state index in [1.54, 1.807) is 12.4 Å². The number of piperidine rings is 1. The number of pyridine rings is 1. The predicted octanol–water partition coefficient (Wildman–Crippen LogP) is 5.75. The predicted molar refractivity (Wildman–Crippen MR) is 144 cm³/mol. The number of carbonyl (C=O) groups is 1. The Labute approximate surface area is 209 Å². The average Bonchev–Trinajstić information content (AvgIpc) is 3.53. The lowest BCUT2D eigenvalue weighted by atomic mass is 10.0. The number of nitrogens with zero attached hydrogens (tertiary/aromatic N) is 4. The molecule has 8 nitrogen and oxygen atoms in total. The van der Waals surface area contributed by atoms with Gasteiger partial charge in [-0.1, -0.05) is 26.0 Å². The standard InChI is InChI=1S/C28H29N7O/c1-17(2)28(36)30-20-13-19(15-29-16-20)18-9-10-22-21(14-18)25(34-33-22)27-31-23-7-6-8-24(26(23)32-27)35-11-4-3-5-12-35/h6-10,13-17H,3-5,11-12H2,1-2H3,(H,30,36)(H,31,32)(H,33,34). The summed E-state index contributed by atoms with van der Waals surface area (Å²) in [6.07, 6.45) is 7.20. The molecule has 36 heavy (non-hydrogen) atoms. The van der Waals surface area contributed by atoms with Crippen molar-refractivity contribution in [3.8, 4) is 22.6 Å². The minimum absolute atomic E-state index is 0.0321. The maximum absolute atomic E-state index is 12.1. The van der Waals surface area contributed by atoms with Crippen LogP contribution in [0.25, 0.3) is 44.6 Å². The highest BCUT2D eigenvalue weighted by Gasteiger charge is 2.19. The average molecular weight is 480 g/mol. The molecule has 0 bridgehead atoms. The Hall–Kier alpha value is -4.20. The highest BCUT2D eigenvalue weighted by atomic mass is 16.1. The van der Waals surface area contributed by atoms with Crippen molar-refractivity contribution in [1.82, 2.24) is 25.1 Å². The van der Waals surface area contributed by atoms with Crippen molar-refractivity contribution >= 4 is 39.2 Å². The number of benzene rings is 2. The van der Waals surface area contributed by atoms with Crippen molar-refractivity contribution in [2.75, 3.05) is 23.3 Å². The minimum Gasteiger partial charge on any atom is -0.370 e. The van der Waals surface area contributed by atoms with E-state index in [2.05, 4.69) is 54.6 Å². The van der Waals surface area contributed by atoms with Crippen molar-refractivity contribution in [3.63, 3.8) is 0 Å². The fourth-order valence-corrected chi connectivity index (χ4v) is 4.85. The van der Waals surface area contributed by atoms with E-state index >= 15 is 0 Å². The molecule has 0 atom stereocenters. The molecular weight excluding hydrogens is 450 g/mol. The lowest BCUT2D eigenvalue weighted by Crippen LogP contribution is -2.29. The molecule has 182 valence electrons. The van der Waals surface area contributed by atoms with Crippen LogP contribution in [-0.2, 0) is 4.79 Å². The van der Waals surface area contributed by atoms with Crippen LogP contribution in [0.2, 0.25) is 0 Å². The number of imidazole rings is 1. The Morgan fingerprint density at radius 2 is 1.86 bits per heavy atom. The number of aromatic nitrogens is 5. The zero-order chi connectivity index (χ0) is 24.6. The third-order valence-corrected chi connectivity index (χ3v) is 6.84. The molecule has 1 fully saturated rings. The molecule has 0 radical (unpaired) electrons. The van der Waals surface area contributed by atoms with Gasteiger partial charge in [0.25, 0.3) is 0 Å². The number of rotatable bonds is 5. The summed E-state index contributed by atoms with van der Waals surface area (Å²) in [6.45, 7) is 5.88. The van der Waals surface area contributed by atoms with E-state index in [4.69, 9.17) is 4.98 Å². The Morgan fingerprint density at radius 3 is 2.69 bits per heavy atom. The number of hydrogen-bond acceptors (Lipinski definition) is 5. The van der Waals surface area contributed by atoms with Gasteiger partial charge in [0.1, 0.15) is 11.2 Å². The lowest BCUT2D eigenvalue weighted by molar-refractivity contribution is -0.118. The van der Waals surface area contributed by atoms with Crippen LogP contribution in [0.5, 0.6) is 0 Å². The smallest absolute Gasteiger partial charge is 0.226 e. The second-order valence-corrected chi connectivity index (χ2v) is 9.75. The highest BCUT2D eigenvalue weighted by Crippen LogP contribution is 2.33. The topological polar surface area (TPSA) is 103 Å². The fourth-order valence-electron chi connectivity index (χ4n) is 4.85. The summed E-state index contributed by atoms with van der Waals surface area (Å²) in [6, 6.07) is 14.4. The molecule has 4 heterocycles. The second-order valence-electron chi connectivity index (χ2n) is 9.75. The molecule has 1 amide bonds. The van der Waals surface area contributed by atoms with Crippen LogP contribution < -0.4 is 10.2 Å². The zero-order valence-corrected chi connectivity index (χ0v) is 20.5. The number of nitrogens with one attached hydrogen (secondary N) is 3. The van der Waals surface area contributed by atoms with Crippen LogP contribution >= 0.6 is 0 Å². The van der Waals surface area contributed by atoms with Crippen LogP contribution in [0.3, 0.4) is 0 Å². The summed E-state index contributed by atoms with van der Waals surface area (Å²) in [5, 5.41) is 11.7. The molecule has 1 saturated heterocycles. The molecule has 1 aliphatic heterocycles. The molecule has 0 unspecified atom stereocenters. The van der Waals surface area contributed by atoms with Crippen LogP contribution in [0.1, 0.15) is 33.1 Å². The van der Waals surface area contributed by atoms with Gasteiger partial charge in [-0.2, -0.15) is 5.10 Å². The molecule has 3 N–H and O–H groups in total. The van der Waals surface area contributed by atoms with Gasteiger partial charge in [-0.05, 0) is 55.2 Å². The maximum atomic E-state index is 12.1. The summed E-state index contributed by atoms with van der Waals surface area (Å²) in [5.74, 6) is 0.613. The molecule has 2 aromatic carbocycles.